The summed E-state index contributed by atoms with van der Waals surface area (Å²) < 4.78 is 18.2. The maximum Gasteiger partial charge on any atom is 0.230 e. The van der Waals surface area contributed by atoms with Crippen molar-refractivity contribution in [1.82, 2.24) is 15.5 Å². The van der Waals surface area contributed by atoms with Crippen LogP contribution in [0.5, 0.6) is 0 Å². The van der Waals surface area contributed by atoms with Crippen LogP contribution < -0.4 is 5.32 Å². The van der Waals surface area contributed by atoms with Crippen LogP contribution in [-0.4, -0.2) is 23.2 Å². The molecule has 0 aliphatic heterocycles. The topological polar surface area (TPSA) is 51.0 Å². The second-order valence-electron chi connectivity index (χ2n) is 5.44. The highest BCUT2D eigenvalue weighted by Crippen LogP contribution is 2.53. The number of hydrogen-bond acceptors (Lipinski definition) is 4. The van der Waals surface area contributed by atoms with E-state index in [9.17, 15) is 4.39 Å². The number of likely N-dealkylation sites (N-methyl/N-ethyl adjacent to an activating group) is 1. The van der Waals surface area contributed by atoms with Gasteiger partial charge in [0, 0.05) is 18.4 Å². The van der Waals surface area contributed by atoms with Gasteiger partial charge in [0.05, 0.1) is 0 Å². The van der Waals surface area contributed by atoms with Crippen LogP contribution in [0.3, 0.4) is 0 Å². The number of halogens is 1. The lowest BCUT2D eigenvalue weighted by atomic mass is 10.1. The van der Waals surface area contributed by atoms with Gasteiger partial charge in [0.2, 0.25) is 5.89 Å². The summed E-state index contributed by atoms with van der Waals surface area (Å²) in [4.78, 5) is 4.46. The van der Waals surface area contributed by atoms with Gasteiger partial charge < -0.3 is 9.84 Å². The smallest absolute Gasteiger partial charge is 0.230 e. The first-order valence-electron chi connectivity index (χ1n) is 6.92. The first-order chi connectivity index (χ1) is 9.67. The molecule has 1 N–H and O–H groups in total. The van der Waals surface area contributed by atoms with Gasteiger partial charge >= 0.3 is 0 Å². The highest BCUT2D eigenvalue weighted by Gasteiger charge is 2.43. The molecule has 0 radical (unpaired) electrons. The lowest BCUT2D eigenvalue weighted by molar-refractivity contribution is 0.371. The van der Waals surface area contributed by atoms with Crippen molar-refractivity contribution in [1.29, 1.82) is 0 Å². The first kappa shape index (κ1) is 13.2. The van der Waals surface area contributed by atoms with Crippen molar-refractivity contribution in [3.63, 3.8) is 0 Å². The van der Waals surface area contributed by atoms with Gasteiger partial charge in [-0.2, -0.15) is 4.98 Å². The summed E-state index contributed by atoms with van der Waals surface area (Å²) in [5, 5.41) is 7.17. The predicted octanol–water partition coefficient (Wildman–Crippen LogP) is 2.63. The Morgan fingerprint density at radius 2 is 2.10 bits per heavy atom. The molecule has 106 valence electrons. The third kappa shape index (κ3) is 2.72. The van der Waals surface area contributed by atoms with Crippen molar-refractivity contribution >= 4 is 0 Å². The monoisotopic (exact) mass is 275 g/mol. The normalized spacial score (nSPS) is 22.8. The molecule has 1 fully saturated rings. The summed E-state index contributed by atoms with van der Waals surface area (Å²) >= 11 is 0. The minimum atomic E-state index is -0.202. The average molecular weight is 275 g/mol. The zero-order valence-electron chi connectivity index (χ0n) is 11.6. The molecule has 1 saturated carbocycles. The van der Waals surface area contributed by atoms with E-state index < -0.39 is 0 Å². The van der Waals surface area contributed by atoms with E-state index in [0.29, 0.717) is 17.9 Å². The van der Waals surface area contributed by atoms with Gasteiger partial charge in [0.25, 0.3) is 0 Å². The van der Waals surface area contributed by atoms with Gasteiger partial charge in [0.15, 0.2) is 5.82 Å². The van der Waals surface area contributed by atoms with Crippen molar-refractivity contribution in [2.75, 3.05) is 7.05 Å². The van der Waals surface area contributed by atoms with Crippen LogP contribution in [0, 0.1) is 5.82 Å². The SMILES string of the molecule is CNC(C)Cc1noc([C@@H]2C[C@H]2c2ccc(F)cc2)n1. The standard InChI is InChI=1S/C15H18FN3O/c1-9(17-2)7-14-18-15(20-19-14)13-8-12(13)10-3-5-11(16)6-4-10/h3-6,9,12-13,17H,7-8H2,1-2H3/t9?,12-,13+/m0/s1. The Labute approximate surface area is 117 Å². The molecular formula is C15H18FN3O. The third-order valence-electron chi connectivity index (χ3n) is 3.87. The largest absolute Gasteiger partial charge is 0.339 e. The van der Waals surface area contributed by atoms with E-state index in [1.807, 2.05) is 19.2 Å². The van der Waals surface area contributed by atoms with Crippen LogP contribution in [0.2, 0.25) is 0 Å². The summed E-state index contributed by atoms with van der Waals surface area (Å²) in [7, 11) is 1.91. The summed E-state index contributed by atoms with van der Waals surface area (Å²) in [5.41, 5.74) is 1.14. The quantitative estimate of drug-likeness (QED) is 0.911. The predicted molar refractivity (Wildman–Crippen MR) is 73.0 cm³/mol. The second kappa shape index (κ2) is 5.32. The highest BCUT2D eigenvalue weighted by molar-refractivity contribution is 5.30. The molecule has 0 saturated heterocycles. The Morgan fingerprint density at radius 3 is 2.80 bits per heavy atom. The lowest BCUT2D eigenvalue weighted by Gasteiger charge is -2.04. The molecule has 3 atom stereocenters. The number of hydrogen-bond donors (Lipinski definition) is 1. The molecule has 20 heavy (non-hydrogen) atoms. The minimum absolute atomic E-state index is 0.202. The molecule has 1 unspecified atom stereocenters. The van der Waals surface area contributed by atoms with Crippen molar-refractivity contribution in [2.45, 2.75) is 37.6 Å². The van der Waals surface area contributed by atoms with Gasteiger partial charge in [-0.05, 0) is 44.0 Å². The first-order valence-corrected chi connectivity index (χ1v) is 6.92. The van der Waals surface area contributed by atoms with Gasteiger partial charge in [0.1, 0.15) is 5.82 Å². The van der Waals surface area contributed by atoms with Crippen LogP contribution in [0.25, 0.3) is 0 Å². The van der Waals surface area contributed by atoms with E-state index in [1.54, 1.807) is 0 Å². The molecule has 4 nitrogen and oxygen atoms in total. The Hall–Kier alpha value is -1.75. The van der Waals surface area contributed by atoms with Crippen LogP contribution >= 0.6 is 0 Å². The maximum atomic E-state index is 12.9. The Bertz CT molecular complexity index is 581. The van der Waals surface area contributed by atoms with Gasteiger partial charge in [-0.3, -0.25) is 0 Å². The van der Waals surface area contributed by atoms with Gasteiger partial charge in [-0.25, -0.2) is 4.39 Å². The lowest BCUT2D eigenvalue weighted by Crippen LogP contribution is -2.24. The summed E-state index contributed by atoms with van der Waals surface area (Å²) in [6, 6.07) is 6.99. The summed E-state index contributed by atoms with van der Waals surface area (Å²) in [6.07, 6.45) is 1.75. The molecular weight excluding hydrogens is 257 g/mol. The van der Waals surface area contributed by atoms with E-state index >= 15 is 0 Å². The summed E-state index contributed by atoms with van der Waals surface area (Å²) in [6.45, 7) is 2.08. The average Bonchev–Trinajstić information content (AvgIpc) is 3.12. The van der Waals surface area contributed by atoms with Crippen LogP contribution in [0.1, 0.15) is 42.5 Å². The number of benzene rings is 1. The van der Waals surface area contributed by atoms with E-state index in [1.165, 1.54) is 12.1 Å². The van der Waals surface area contributed by atoms with Crippen molar-refractivity contribution in [3.8, 4) is 0 Å². The maximum absolute atomic E-state index is 12.9. The van der Waals surface area contributed by atoms with Crippen molar-refractivity contribution in [3.05, 3.63) is 47.4 Å². The zero-order chi connectivity index (χ0) is 14.1. The highest BCUT2D eigenvalue weighted by atomic mass is 19.1. The molecule has 1 aliphatic carbocycles. The number of rotatable bonds is 5. The molecule has 1 aromatic carbocycles. The van der Waals surface area contributed by atoms with Crippen LogP contribution in [0.15, 0.2) is 28.8 Å². The minimum Gasteiger partial charge on any atom is -0.339 e. The Morgan fingerprint density at radius 1 is 1.35 bits per heavy atom. The van der Waals surface area contributed by atoms with E-state index in [0.717, 1.165) is 24.2 Å². The van der Waals surface area contributed by atoms with E-state index in [2.05, 4.69) is 22.4 Å². The Balaban J connectivity index is 1.66. The van der Waals surface area contributed by atoms with Crippen LogP contribution in [-0.2, 0) is 6.42 Å². The van der Waals surface area contributed by atoms with Gasteiger partial charge in [-0.15, -0.1) is 0 Å². The van der Waals surface area contributed by atoms with Crippen molar-refractivity contribution < 1.29 is 8.91 Å². The molecule has 2 aromatic rings. The van der Waals surface area contributed by atoms with E-state index in [-0.39, 0.29) is 11.7 Å². The molecule has 3 rings (SSSR count). The third-order valence-corrected chi connectivity index (χ3v) is 3.87. The van der Waals surface area contributed by atoms with Crippen molar-refractivity contribution in [2.24, 2.45) is 0 Å². The molecule has 0 spiro atoms. The molecule has 1 heterocycles. The fraction of sp³-hybridized carbons (Fsp3) is 0.467. The molecule has 5 heteroatoms. The second-order valence-corrected chi connectivity index (χ2v) is 5.44. The fourth-order valence-electron chi connectivity index (χ4n) is 2.42. The van der Waals surface area contributed by atoms with Gasteiger partial charge in [-0.1, -0.05) is 17.3 Å². The number of aromatic nitrogens is 2. The molecule has 0 amide bonds. The van der Waals surface area contributed by atoms with Crippen LogP contribution in [0.4, 0.5) is 4.39 Å². The van der Waals surface area contributed by atoms with E-state index in [4.69, 9.17) is 4.52 Å². The number of nitrogens with zero attached hydrogens (tertiary/aromatic N) is 2. The number of nitrogens with one attached hydrogen (secondary N) is 1. The molecule has 1 aliphatic rings. The fourth-order valence-corrected chi connectivity index (χ4v) is 2.42. The Kier molecular flexibility index (Phi) is 3.53. The summed E-state index contributed by atoms with van der Waals surface area (Å²) in [5.74, 6) is 1.91. The molecule has 0 bridgehead atoms. The molecule has 1 aromatic heterocycles. The zero-order valence-corrected chi connectivity index (χ0v) is 11.6.